The van der Waals surface area contributed by atoms with Gasteiger partial charge in [0.05, 0.1) is 17.8 Å². The molecule has 1 aromatic heterocycles. The van der Waals surface area contributed by atoms with E-state index in [4.69, 9.17) is 4.74 Å². The fourth-order valence-corrected chi connectivity index (χ4v) is 4.09. The van der Waals surface area contributed by atoms with Crippen molar-refractivity contribution in [3.05, 3.63) is 39.8 Å². The minimum absolute atomic E-state index is 0.134. The van der Waals surface area contributed by atoms with Gasteiger partial charge >= 0.3 is 0 Å². The van der Waals surface area contributed by atoms with Crippen LogP contribution in [-0.2, 0) is 11.3 Å². The van der Waals surface area contributed by atoms with Crippen molar-refractivity contribution in [2.24, 2.45) is 0 Å². The van der Waals surface area contributed by atoms with E-state index in [0.29, 0.717) is 23.2 Å². The van der Waals surface area contributed by atoms with Gasteiger partial charge in [-0.3, -0.25) is 9.69 Å². The van der Waals surface area contributed by atoms with Gasteiger partial charge in [-0.05, 0) is 44.5 Å². The predicted octanol–water partition coefficient (Wildman–Crippen LogP) is 3.38. The second-order valence-corrected chi connectivity index (χ2v) is 8.04. The molecule has 1 aliphatic heterocycles. The standard InChI is InChI=1S/C20H28N4O2S/c1-14(2)23-5-7-24(8-6-23)17-10-15(3)9-16(11-17)22-20(25)19-18(12-26-4)21-13-27-19/h9-11,13-14H,5-8,12H2,1-4H3,(H,22,25). The van der Waals surface area contributed by atoms with Crippen LogP contribution in [0.15, 0.2) is 23.7 Å². The van der Waals surface area contributed by atoms with Gasteiger partial charge in [-0.15, -0.1) is 11.3 Å². The van der Waals surface area contributed by atoms with Crippen LogP contribution in [0.1, 0.15) is 34.8 Å². The Bertz CT molecular complexity index is 782. The lowest BCUT2D eigenvalue weighted by Gasteiger charge is -2.38. The zero-order chi connectivity index (χ0) is 19.4. The normalized spacial score (nSPS) is 15.4. The SMILES string of the molecule is COCc1ncsc1C(=O)Nc1cc(C)cc(N2CCN(C(C)C)CC2)c1. The van der Waals surface area contributed by atoms with Crippen LogP contribution >= 0.6 is 11.3 Å². The number of carbonyl (C=O) groups excluding carboxylic acids is 1. The van der Waals surface area contributed by atoms with Crippen molar-refractivity contribution in [3.8, 4) is 0 Å². The highest BCUT2D eigenvalue weighted by atomic mass is 32.1. The first-order valence-electron chi connectivity index (χ1n) is 9.31. The maximum absolute atomic E-state index is 12.7. The Balaban J connectivity index is 1.72. The van der Waals surface area contributed by atoms with Gasteiger partial charge in [0, 0.05) is 50.7 Å². The Morgan fingerprint density at radius 3 is 2.67 bits per heavy atom. The first-order valence-corrected chi connectivity index (χ1v) is 10.2. The summed E-state index contributed by atoms with van der Waals surface area (Å²) in [4.78, 5) is 22.4. The summed E-state index contributed by atoms with van der Waals surface area (Å²) in [6, 6.07) is 6.83. The maximum atomic E-state index is 12.7. The second-order valence-electron chi connectivity index (χ2n) is 7.19. The number of aryl methyl sites for hydroxylation is 1. The number of amides is 1. The van der Waals surface area contributed by atoms with Crippen molar-refractivity contribution in [2.75, 3.05) is 43.5 Å². The highest BCUT2D eigenvalue weighted by Gasteiger charge is 2.20. The summed E-state index contributed by atoms with van der Waals surface area (Å²) in [6.07, 6.45) is 0. The number of nitrogens with zero attached hydrogens (tertiary/aromatic N) is 3. The highest BCUT2D eigenvalue weighted by Crippen LogP contribution is 2.25. The number of hydrogen-bond acceptors (Lipinski definition) is 6. The average Bonchev–Trinajstić information content (AvgIpc) is 3.10. The third-order valence-corrected chi connectivity index (χ3v) is 5.73. The topological polar surface area (TPSA) is 57.7 Å². The fraction of sp³-hybridized carbons (Fsp3) is 0.500. The van der Waals surface area contributed by atoms with E-state index in [2.05, 4.69) is 53.0 Å². The van der Waals surface area contributed by atoms with Crippen LogP contribution < -0.4 is 10.2 Å². The molecule has 1 fully saturated rings. The molecular weight excluding hydrogens is 360 g/mol. The van der Waals surface area contributed by atoms with E-state index in [0.717, 1.165) is 43.1 Å². The van der Waals surface area contributed by atoms with Gasteiger partial charge in [-0.2, -0.15) is 0 Å². The zero-order valence-electron chi connectivity index (χ0n) is 16.5. The Labute approximate surface area is 165 Å². The highest BCUT2D eigenvalue weighted by molar-refractivity contribution is 7.12. The molecule has 0 aliphatic carbocycles. The summed E-state index contributed by atoms with van der Waals surface area (Å²) in [5.74, 6) is -0.134. The smallest absolute Gasteiger partial charge is 0.267 e. The van der Waals surface area contributed by atoms with Crippen molar-refractivity contribution >= 4 is 28.6 Å². The first kappa shape index (κ1) is 19.8. The first-order chi connectivity index (χ1) is 13.0. The molecule has 0 unspecified atom stereocenters. The lowest BCUT2D eigenvalue weighted by molar-refractivity contribution is 0.102. The third-order valence-electron chi connectivity index (χ3n) is 4.86. The van der Waals surface area contributed by atoms with E-state index in [9.17, 15) is 4.79 Å². The van der Waals surface area contributed by atoms with Crippen LogP contribution in [0.5, 0.6) is 0 Å². The molecule has 6 nitrogen and oxygen atoms in total. The fourth-order valence-electron chi connectivity index (χ4n) is 3.40. The van der Waals surface area contributed by atoms with Gasteiger partial charge in [0.2, 0.25) is 0 Å². The summed E-state index contributed by atoms with van der Waals surface area (Å²) in [5, 5.41) is 3.03. The van der Waals surface area contributed by atoms with Crippen molar-refractivity contribution in [2.45, 2.75) is 33.4 Å². The molecule has 2 heterocycles. The number of piperazine rings is 1. The van der Waals surface area contributed by atoms with Crippen molar-refractivity contribution in [1.82, 2.24) is 9.88 Å². The number of anilines is 2. The van der Waals surface area contributed by atoms with Gasteiger partial charge in [-0.1, -0.05) is 0 Å². The van der Waals surface area contributed by atoms with Crippen LogP contribution in [0.4, 0.5) is 11.4 Å². The lowest BCUT2D eigenvalue weighted by Crippen LogP contribution is -2.48. The largest absolute Gasteiger partial charge is 0.378 e. The van der Waals surface area contributed by atoms with Gasteiger partial charge < -0.3 is 15.0 Å². The predicted molar refractivity (Wildman–Crippen MR) is 111 cm³/mol. The molecule has 0 spiro atoms. The number of carbonyl (C=O) groups is 1. The number of ether oxygens (including phenoxy) is 1. The molecule has 0 atom stereocenters. The number of aromatic nitrogens is 1. The molecule has 7 heteroatoms. The monoisotopic (exact) mass is 388 g/mol. The van der Waals surface area contributed by atoms with E-state index in [1.807, 2.05) is 6.07 Å². The molecule has 1 amide bonds. The van der Waals surface area contributed by atoms with Gasteiger partial charge in [0.25, 0.3) is 5.91 Å². The number of rotatable bonds is 6. The average molecular weight is 389 g/mol. The summed E-state index contributed by atoms with van der Waals surface area (Å²) < 4.78 is 5.12. The Morgan fingerprint density at radius 2 is 2.00 bits per heavy atom. The third kappa shape index (κ3) is 4.86. The molecule has 1 N–H and O–H groups in total. The van der Waals surface area contributed by atoms with Crippen molar-refractivity contribution in [3.63, 3.8) is 0 Å². The molecule has 1 saturated heterocycles. The Morgan fingerprint density at radius 1 is 1.26 bits per heavy atom. The zero-order valence-corrected chi connectivity index (χ0v) is 17.3. The van der Waals surface area contributed by atoms with Crippen molar-refractivity contribution in [1.29, 1.82) is 0 Å². The van der Waals surface area contributed by atoms with Crippen LogP contribution in [0, 0.1) is 6.92 Å². The van der Waals surface area contributed by atoms with Gasteiger partial charge in [0.1, 0.15) is 4.88 Å². The van der Waals surface area contributed by atoms with E-state index >= 15 is 0 Å². The van der Waals surface area contributed by atoms with E-state index in [-0.39, 0.29) is 5.91 Å². The quantitative estimate of drug-likeness (QED) is 0.822. The molecule has 2 aromatic rings. The molecular formula is C20H28N4O2S. The minimum atomic E-state index is -0.134. The molecule has 0 radical (unpaired) electrons. The van der Waals surface area contributed by atoms with Crippen molar-refractivity contribution < 1.29 is 9.53 Å². The van der Waals surface area contributed by atoms with E-state index < -0.39 is 0 Å². The van der Waals surface area contributed by atoms with E-state index in [1.165, 1.54) is 11.3 Å². The molecule has 1 aromatic carbocycles. The van der Waals surface area contributed by atoms with Crippen LogP contribution in [0.2, 0.25) is 0 Å². The maximum Gasteiger partial charge on any atom is 0.267 e. The molecule has 0 saturated carbocycles. The lowest BCUT2D eigenvalue weighted by atomic mass is 10.1. The van der Waals surface area contributed by atoms with Gasteiger partial charge in [-0.25, -0.2) is 4.98 Å². The number of nitrogens with one attached hydrogen (secondary N) is 1. The van der Waals surface area contributed by atoms with Crippen LogP contribution in [0.3, 0.4) is 0 Å². The second kappa shape index (κ2) is 8.82. The van der Waals surface area contributed by atoms with Crippen LogP contribution in [0.25, 0.3) is 0 Å². The summed E-state index contributed by atoms with van der Waals surface area (Å²) in [6.45, 7) is 11.0. The molecule has 146 valence electrons. The molecule has 3 rings (SSSR count). The number of benzene rings is 1. The number of thiazole rings is 1. The minimum Gasteiger partial charge on any atom is -0.378 e. The summed E-state index contributed by atoms with van der Waals surface area (Å²) in [7, 11) is 1.60. The Kier molecular flexibility index (Phi) is 6.46. The number of methoxy groups -OCH3 is 1. The Hall–Kier alpha value is -1.96. The molecule has 1 aliphatic rings. The summed E-state index contributed by atoms with van der Waals surface area (Å²) in [5.41, 5.74) is 5.47. The summed E-state index contributed by atoms with van der Waals surface area (Å²) >= 11 is 1.34. The van der Waals surface area contributed by atoms with Crippen LogP contribution in [-0.4, -0.2) is 55.1 Å². The van der Waals surface area contributed by atoms with Gasteiger partial charge in [0.15, 0.2) is 0 Å². The van der Waals surface area contributed by atoms with E-state index in [1.54, 1.807) is 12.6 Å². The number of hydrogen-bond donors (Lipinski definition) is 1. The molecule has 0 bridgehead atoms. The molecule has 27 heavy (non-hydrogen) atoms.